The number of aromatic nitrogens is 5. The van der Waals surface area contributed by atoms with Gasteiger partial charge in [0.15, 0.2) is 5.82 Å². The number of hydrogen-bond donors (Lipinski definition) is 3. The van der Waals surface area contributed by atoms with Crippen molar-refractivity contribution < 1.29 is 9.53 Å². The van der Waals surface area contributed by atoms with Gasteiger partial charge in [0.25, 0.3) is 0 Å². The van der Waals surface area contributed by atoms with E-state index in [0.29, 0.717) is 52.6 Å². The molecule has 4 aromatic rings. The molecule has 0 spiro atoms. The molecule has 0 radical (unpaired) electrons. The molecular weight excluding hydrogens is 491 g/mol. The second-order valence-electron chi connectivity index (χ2n) is 8.63. The number of nitrogens with zero attached hydrogens (tertiary/aromatic N) is 5. The van der Waals surface area contributed by atoms with Gasteiger partial charge in [0, 0.05) is 36.4 Å². The van der Waals surface area contributed by atoms with Crippen LogP contribution in [0.25, 0.3) is 22.4 Å². The largest absolute Gasteiger partial charge is 0.486 e. The van der Waals surface area contributed by atoms with Gasteiger partial charge in [-0.2, -0.15) is 5.10 Å². The van der Waals surface area contributed by atoms with Crippen LogP contribution in [0.2, 0.25) is 10.0 Å². The van der Waals surface area contributed by atoms with Crippen molar-refractivity contribution in [3.63, 3.8) is 0 Å². The third-order valence-corrected chi connectivity index (χ3v) is 6.93. The van der Waals surface area contributed by atoms with Crippen LogP contribution in [-0.2, 0) is 13.1 Å². The number of amides is 2. The van der Waals surface area contributed by atoms with E-state index in [9.17, 15) is 4.79 Å². The minimum absolute atomic E-state index is 0.0264. The molecule has 12 heteroatoms. The van der Waals surface area contributed by atoms with E-state index in [1.54, 1.807) is 17.3 Å². The van der Waals surface area contributed by atoms with Gasteiger partial charge in [0.2, 0.25) is 0 Å². The molecule has 3 N–H and O–H groups in total. The fourth-order valence-electron chi connectivity index (χ4n) is 4.57. The molecule has 0 aliphatic carbocycles. The third-order valence-electron chi connectivity index (χ3n) is 6.32. The van der Waals surface area contributed by atoms with Crippen LogP contribution >= 0.6 is 23.2 Å². The van der Waals surface area contributed by atoms with Crippen molar-refractivity contribution in [1.29, 1.82) is 0 Å². The molecule has 6 rings (SSSR count). The Morgan fingerprint density at radius 2 is 2.00 bits per heavy atom. The van der Waals surface area contributed by atoms with Gasteiger partial charge in [-0.05, 0) is 25.1 Å². The van der Waals surface area contributed by atoms with Gasteiger partial charge in [-0.15, -0.1) is 0 Å². The van der Waals surface area contributed by atoms with Gasteiger partial charge in [0.1, 0.15) is 17.5 Å². The molecule has 1 aromatic carbocycles. The fraction of sp³-hybridized carbons (Fsp3) is 0.304. The fourth-order valence-corrected chi connectivity index (χ4v) is 5.24. The monoisotopic (exact) mass is 512 g/mol. The van der Waals surface area contributed by atoms with E-state index in [1.165, 1.54) is 0 Å². The summed E-state index contributed by atoms with van der Waals surface area (Å²) < 4.78 is 6.16. The molecule has 180 valence electrons. The summed E-state index contributed by atoms with van der Waals surface area (Å²) in [6, 6.07) is 5.71. The van der Waals surface area contributed by atoms with Crippen LogP contribution in [-0.4, -0.2) is 60.7 Å². The molecule has 1 unspecified atom stereocenters. The average molecular weight is 513 g/mol. The van der Waals surface area contributed by atoms with E-state index in [2.05, 4.69) is 25.5 Å². The molecule has 35 heavy (non-hydrogen) atoms. The highest BCUT2D eigenvalue weighted by atomic mass is 35.5. The Labute approximate surface area is 210 Å². The average Bonchev–Trinajstić information content (AvgIpc) is 3.61. The molecule has 5 heterocycles. The number of carbonyl (C=O) groups excluding carboxylic acids is 1. The molecule has 1 saturated heterocycles. The Balaban J connectivity index is 1.24. The number of rotatable bonds is 4. The predicted molar refractivity (Wildman–Crippen MR) is 131 cm³/mol. The maximum atomic E-state index is 12.7. The summed E-state index contributed by atoms with van der Waals surface area (Å²) in [4.78, 5) is 28.4. The van der Waals surface area contributed by atoms with Crippen LogP contribution in [0.5, 0.6) is 5.75 Å². The minimum Gasteiger partial charge on any atom is -0.486 e. The van der Waals surface area contributed by atoms with Crippen molar-refractivity contribution in [1.82, 2.24) is 40.3 Å². The molecular formula is C23H22Cl2N8O2. The van der Waals surface area contributed by atoms with Crippen molar-refractivity contribution in [2.75, 3.05) is 19.8 Å². The van der Waals surface area contributed by atoms with E-state index < -0.39 is 0 Å². The van der Waals surface area contributed by atoms with Crippen LogP contribution in [0, 0.1) is 0 Å². The Bertz CT molecular complexity index is 1380. The Morgan fingerprint density at radius 1 is 1.17 bits per heavy atom. The molecule has 3 aromatic heterocycles. The first-order chi connectivity index (χ1) is 17.0. The molecule has 2 aliphatic heterocycles. The number of pyridine rings is 1. The van der Waals surface area contributed by atoms with Crippen LogP contribution in [0.1, 0.15) is 30.0 Å². The Kier molecular flexibility index (Phi) is 5.51. The smallest absolute Gasteiger partial charge is 0.321 e. The summed E-state index contributed by atoms with van der Waals surface area (Å²) in [5.41, 5.74) is 4.02. The van der Waals surface area contributed by atoms with Crippen LogP contribution in [0.15, 0.2) is 30.6 Å². The molecule has 2 amide bonds. The highest BCUT2D eigenvalue weighted by molar-refractivity contribution is 6.35. The second-order valence-corrected chi connectivity index (χ2v) is 9.44. The summed E-state index contributed by atoms with van der Waals surface area (Å²) in [5.74, 6) is 1.30. The number of hydrogen-bond acceptors (Lipinski definition) is 6. The van der Waals surface area contributed by atoms with Crippen LogP contribution < -0.4 is 10.1 Å². The summed E-state index contributed by atoms with van der Waals surface area (Å²) >= 11 is 12.6. The second kappa shape index (κ2) is 8.71. The van der Waals surface area contributed by atoms with Gasteiger partial charge >= 0.3 is 6.03 Å². The Morgan fingerprint density at radius 3 is 2.74 bits per heavy atom. The normalized spacial score (nSPS) is 16.2. The molecule has 0 saturated carbocycles. The van der Waals surface area contributed by atoms with Crippen molar-refractivity contribution >= 4 is 40.1 Å². The first-order valence-corrected chi connectivity index (χ1v) is 12.0. The number of fused-ring (bicyclic) bond motifs is 2. The van der Waals surface area contributed by atoms with Gasteiger partial charge in [-0.3, -0.25) is 15.4 Å². The first kappa shape index (κ1) is 22.1. The number of halogens is 2. The van der Waals surface area contributed by atoms with E-state index in [1.807, 2.05) is 30.0 Å². The SMILES string of the molecule is CC(Oc1ccc2[nH]nc(-c3nc4c([nH]3)CN(C(=O)N3CCNC3)C4)c2c1)c1c(Cl)cncc1Cl. The highest BCUT2D eigenvalue weighted by Crippen LogP contribution is 2.35. The van der Waals surface area contributed by atoms with Gasteiger partial charge in [-0.25, -0.2) is 9.78 Å². The van der Waals surface area contributed by atoms with Crippen molar-refractivity contribution in [3.8, 4) is 17.3 Å². The maximum absolute atomic E-state index is 12.7. The first-order valence-electron chi connectivity index (χ1n) is 11.2. The lowest BCUT2D eigenvalue weighted by atomic mass is 10.1. The van der Waals surface area contributed by atoms with Crippen molar-refractivity contribution in [3.05, 3.63) is 57.6 Å². The predicted octanol–water partition coefficient (Wildman–Crippen LogP) is 4.09. The lowest BCUT2D eigenvalue weighted by molar-refractivity contribution is 0.161. The summed E-state index contributed by atoms with van der Waals surface area (Å²) in [6.45, 7) is 5.00. The summed E-state index contributed by atoms with van der Waals surface area (Å²) in [6.07, 6.45) is 2.71. The topological polar surface area (TPSA) is 115 Å². The van der Waals surface area contributed by atoms with E-state index in [-0.39, 0.29) is 12.1 Å². The molecule has 0 bridgehead atoms. The summed E-state index contributed by atoms with van der Waals surface area (Å²) in [5, 5.41) is 12.5. The van der Waals surface area contributed by atoms with Crippen molar-refractivity contribution in [2.45, 2.75) is 26.1 Å². The molecule has 1 atom stereocenters. The number of ether oxygens (including phenoxy) is 1. The van der Waals surface area contributed by atoms with Gasteiger partial charge in [0.05, 0.1) is 46.7 Å². The standard InChI is InChI=1S/C23H22Cl2N8O2/c1-12(20-15(24)7-27-8-16(20)25)35-13-2-3-17-14(6-13)21(31-30-17)22-28-18-9-33(10-19(18)29-22)23(34)32-5-4-26-11-32/h2-3,6-8,12,26H,4-5,9-11H2,1H3,(H,28,29)(H,30,31). The zero-order valence-electron chi connectivity index (χ0n) is 18.8. The zero-order chi connectivity index (χ0) is 24.1. The number of aromatic amines is 2. The quantitative estimate of drug-likeness (QED) is 0.379. The van der Waals surface area contributed by atoms with Crippen LogP contribution in [0.4, 0.5) is 4.79 Å². The third kappa shape index (κ3) is 3.97. The minimum atomic E-state index is -0.382. The molecule has 10 nitrogen and oxygen atoms in total. The number of H-pyrrole nitrogens is 2. The lowest BCUT2D eigenvalue weighted by Gasteiger charge is -2.22. The lowest BCUT2D eigenvalue weighted by Crippen LogP contribution is -2.39. The Hall–Kier alpha value is -3.34. The van der Waals surface area contributed by atoms with Crippen LogP contribution in [0.3, 0.4) is 0 Å². The van der Waals surface area contributed by atoms with Gasteiger partial charge < -0.3 is 19.5 Å². The zero-order valence-corrected chi connectivity index (χ0v) is 20.3. The number of nitrogens with one attached hydrogen (secondary N) is 3. The van der Waals surface area contributed by atoms with Crippen molar-refractivity contribution in [2.24, 2.45) is 0 Å². The van der Waals surface area contributed by atoms with E-state index >= 15 is 0 Å². The number of imidazole rings is 1. The highest BCUT2D eigenvalue weighted by Gasteiger charge is 2.31. The maximum Gasteiger partial charge on any atom is 0.321 e. The van der Waals surface area contributed by atoms with E-state index in [4.69, 9.17) is 32.9 Å². The number of benzene rings is 1. The molecule has 1 fully saturated rings. The summed E-state index contributed by atoms with van der Waals surface area (Å²) in [7, 11) is 0. The number of carbonyl (C=O) groups is 1. The van der Waals surface area contributed by atoms with Gasteiger partial charge in [-0.1, -0.05) is 23.2 Å². The number of urea groups is 1. The molecule has 2 aliphatic rings. The van der Waals surface area contributed by atoms with E-state index in [0.717, 1.165) is 35.4 Å².